The topological polar surface area (TPSA) is 101 Å². The molecule has 218 valence electrons. The quantitative estimate of drug-likeness (QED) is 0.475. The number of nitrogens with one attached hydrogen (secondary N) is 1. The highest BCUT2D eigenvalue weighted by Crippen LogP contribution is 2.39. The normalized spacial score (nSPS) is 20.1. The van der Waals surface area contributed by atoms with Crippen molar-refractivity contribution in [3.05, 3.63) is 40.5 Å². The number of hydrogen-bond acceptors (Lipinski definition) is 8. The van der Waals surface area contributed by atoms with E-state index in [0.717, 1.165) is 11.4 Å². The molecule has 2 aliphatic rings. The number of hydrogen-bond donors (Lipinski definition) is 1. The molecule has 2 fully saturated rings. The Bertz CT molecular complexity index is 1260. The van der Waals surface area contributed by atoms with E-state index in [1.165, 1.54) is 13.3 Å². The summed E-state index contributed by atoms with van der Waals surface area (Å²) in [4.78, 5) is 43.6. The highest BCUT2D eigenvalue weighted by Gasteiger charge is 2.40. The lowest BCUT2D eigenvalue weighted by atomic mass is 9.97. The molecule has 3 heterocycles. The van der Waals surface area contributed by atoms with Gasteiger partial charge in [0.25, 0.3) is 5.91 Å². The number of nitrogens with zero attached hydrogens (tertiary/aromatic N) is 5. The fraction of sp³-hybridized carbons (Fsp3) is 0.621. The number of carbonyl (C=O) groups is 2. The van der Waals surface area contributed by atoms with Crippen molar-refractivity contribution in [1.29, 1.82) is 0 Å². The zero-order valence-corrected chi connectivity index (χ0v) is 24.5. The number of anilines is 2. The van der Waals surface area contributed by atoms with Gasteiger partial charge in [-0.15, -0.1) is 0 Å². The highest BCUT2D eigenvalue weighted by molar-refractivity contribution is 5.93. The fourth-order valence-corrected chi connectivity index (χ4v) is 5.75. The van der Waals surface area contributed by atoms with Gasteiger partial charge in [-0.25, -0.2) is 28.5 Å². The van der Waals surface area contributed by atoms with Gasteiger partial charge in [0.2, 0.25) is 5.92 Å². The van der Waals surface area contributed by atoms with Crippen LogP contribution in [0.25, 0.3) is 0 Å². The molecular formula is C29H40F2N6O3. The zero-order valence-electron chi connectivity index (χ0n) is 24.5. The maximum absolute atomic E-state index is 13.7. The molecular weight excluding hydrogens is 518 g/mol. The van der Waals surface area contributed by atoms with Crippen LogP contribution in [0.4, 0.5) is 20.4 Å². The van der Waals surface area contributed by atoms with Crippen LogP contribution in [-0.2, 0) is 4.74 Å². The number of ether oxygens (including phenoxy) is 1. The number of alkyl halides is 2. The van der Waals surface area contributed by atoms with Crippen LogP contribution in [0.2, 0.25) is 0 Å². The summed E-state index contributed by atoms with van der Waals surface area (Å²) in [5, 5.41) is 3.21. The molecule has 2 aromatic heterocycles. The largest absolute Gasteiger partial charge is 0.465 e. The summed E-state index contributed by atoms with van der Waals surface area (Å²) >= 11 is 0. The number of piperazine rings is 1. The van der Waals surface area contributed by atoms with E-state index in [2.05, 4.69) is 25.2 Å². The van der Waals surface area contributed by atoms with Gasteiger partial charge in [0.15, 0.2) is 0 Å². The van der Waals surface area contributed by atoms with Crippen molar-refractivity contribution < 1.29 is 23.1 Å². The first kappa shape index (κ1) is 29.6. The molecule has 1 aliphatic carbocycles. The Balaban J connectivity index is 1.48. The van der Waals surface area contributed by atoms with Gasteiger partial charge in [-0.3, -0.25) is 4.79 Å². The molecule has 4 rings (SSSR count). The van der Waals surface area contributed by atoms with E-state index in [1.807, 2.05) is 45.6 Å². The zero-order chi connectivity index (χ0) is 29.4. The van der Waals surface area contributed by atoms with Gasteiger partial charge in [-0.1, -0.05) is 13.8 Å². The van der Waals surface area contributed by atoms with Crippen molar-refractivity contribution >= 4 is 23.5 Å². The van der Waals surface area contributed by atoms with Crippen LogP contribution in [0.3, 0.4) is 0 Å². The second-order valence-electron chi connectivity index (χ2n) is 11.9. The first-order valence-corrected chi connectivity index (χ1v) is 13.8. The number of rotatable bonds is 7. The molecule has 0 radical (unpaired) electrons. The van der Waals surface area contributed by atoms with E-state index < -0.39 is 17.4 Å². The van der Waals surface area contributed by atoms with Crippen molar-refractivity contribution in [3.63, 3.8) is 0 Å². The first-order valence-electron chi connectivity index (χ1n) is 13.8. The van der Waals surface area contributed by atoms with Gasteiger partial charge in [0.1, 0.15) is 17.3 Å². The monoisotopic (exact) mass is 558 g/mol. The molecule has 9 nitrogen and oxygen atoms in total. The third kappa shape index (κ3) is 6.18. The molecule has 40 heavy (non-hydrogen) atoms. The molecule has 1 aliphatic heterocycles. The molecule has 1 amide bonds. The van der Waals surface area contributed by atoms with Crippen LogP contribution < -0.4 is 10.2 Å². The number of amides is 1. The predicted octanol–water partition coefficient (Wildman–Crippen LogP) is 4.99. The lowest BCUT2D eigenvalue weighted by molar-refractivity contribution is 0.00553. The van der Waals surface area contributed by atoms with E-state index in [0.29, 0.717) is 55.4 Å². The third-order valence-corrected chi connectivity index (χ3v) is 7.87. The molecule has 0 aromatic carbocycles. The molecule has 1 saturated heterocycles. The Morgan fingerprint density at radius 2 is 1.93 bits per heavy atom. The number of aromatic nitrogens is 3. The number of carbonyl (C=O) groups excluding carboxylic acids is 2. The SMILES string of the molecule is COC(=O)c1c(C)cc(N2CCN(C(=O)c3cnc(NCC4CCC(F)(F)C4)c(C(C)C)n3)C(C)(C)C2)nc1C. The summed E-state index contributed by atoms with van der Waals surface area (Å²) in [5.74, 6) is -2.04. The summed E-state index contributed by atoms with van der Waals surface area (Å²) in [6.07, 6.45) is 1.76. The van der Waals surface area contributed by atoms with E-state index in [1.54, 1.807) is 6.92 Å². The van der Waals surface area contributed by atoms with E-state index in [4.69, 9.17) is 4.74 Å². The Morgan fingerprint density at radius 3 is 2.50 bits per heavy atom. The smallest absolute Gasteiger partial charge is 0.339 e. The first-order chi connectivity index (χ1) is 18.7. The standard InChI is InChI=1S/C29H40F2N6O3/c1-17(2)24-25(32-14-20-8-9-29(30,31)13-20)33-15-21(35-24)26(38)37-11-10-36(16-28(37,5)6)22-12-18(3)23(19(4)34-22)27(39)40-7/h12,15,17,20H,8-11,13-14,16H2,1-7H3,(H,32,33). The van der Waals surface area contributed by atoms with Gasteiger partial charge in [-0.05, 0) is 57.6 Å². The lowest BCUT2D eigenvalue weighted by Crippen LogP contribution is -2.61. The molecule has 11 heteroatoms. The van der Waals surface area contributed by atoms with E-state index in [-0.39, 0.29) is 36.3 Å². The second-order valence-corrected chi connectivity index (χ2v) is 11.9. The van der Waals surface area contributed by atoms with Crippen molar-refractivity contribution in [3.8, 4) is 0 Å². The van der Waals surface area contributed by atoms with Crippen molar-refractivity contribution in [2.75, 3.05) is 43.5 Å². The Hall–Kier alpha value is -3.37. The van der Waals surface area contributed by atoms with Gasteiger partial charge in [-0.2, -0.15) is 0 Å². The maximum Gasteiger partial charge on any atom is 0.339 e. The van der Waals surface area contributed by atoms with Crippen molar-refractivity contribution in [1.82, 2.24) is 19.9 Å². The molecule has 1 N–H and O–H groups in total. The Labute approximate surface area is 234 Å². The number of esters is 1. The molecule has 2 aromatic rings. The Morgan fingerprint density at radius 1 is 1.20 bits per heavy atom. The lowest BCUT2D eigenvalue weighted by Gasteiger charge is -2.47. The second kappa shape index (κ2) is 11.2. The minimum atomic E-state index is -2.59. The van der Waals surface area contributed by atoms with Crippen LogP contribution in [0.5, 0.6) is 0 Å². The maximum atomic E-state index is 13.7. The summed E-state index contributed by atoms with van der Waals surface area (Å²) in [6, 6.07) is 1.88. The predicted molar refractivity (Wildman–Crippen MR) is 149 cm³/mol. The average molecular weight is 559 g/mol. The molecule has 1 atom stereocenters. The third-order valence-electron chi connectivity index (χ3n) is 7.87. The fourth-order valence-electron chi connectivity index (χ4n) is 5.75. The average Bonchev–Trinajstić information content (AvgIpc) is 3.24. The van der Waals surface area contributed by atoms with E-state index >= 15 is 0 Å². The van der Waals surface area contributed by atoms with Crippen LogP contribution in [0, 0.1) is 19.8 Å². The number of methoxy groups -OCH3 is 1. The molecule has 0 spiro atoms. The van der Waals surface area contributed by atoms with Gasteiger partial charge >= 0.3 is 5.97 Å². The molecule has 1 unspecified atom stereocenters. The van der Waals surface area contributed by atoms with Crippen LogP contribution >= 0.6 is 0 Å². The number of halogens is 2. The van der Waals surface area contributed by atoms with Gasteiger partial charge < -0.3 is 19.9 Å². The number of aryl methyl sites for hydroxylation is 2. The van der Waals surface area contributed by atoms with Crippen LogP contribution in [0.15, 0.2) is 12.3 Å². The minimum Gasteiger partial charge on any atom is -0.465 e. The summed E-state index contributed by atoms with van der Waals surface area (Å²) in [6.45, 7) is 13.6. The van der Waals surface area contributed by atoms with Gasteiger partial charge in [0, 0.05) is 39.0 Å². The van der Waals surface area contributed by atoms with Crippen LogP contribution in [0.1, 0.15) is 90.7 Å². The van der Waals surface area contributed by atoms with E-state index in [9.17, 15) is 18.4 Å². The highest BCUT2D eigenvalue weighted by atomic mass is 19.3. The van der Waals surface area contributed by atoms with Crippen molar-refractivity contribution in [2.45, 2.75) is 78.2 Å². The minimum absolute atomic E-state index is 0.0110. The van der Waals surface area contributed by atoms with Gasteiger partial charge in [0.05, 0.1) is 35.8 Å². The summed E-state index contributed by atoms with van der Waals surface area (Å²) in [7, 11) is 1.35. The summed E-state index contributed by atoms with van der Waals surface area (Å²) < 4.78 is 32.1. The Kier molecular flexibility index (Phi) is 8.33. The van der Waals surface area contributed by atoms with Crippen LogP contribution in [-0.4, -0.2) is 76.5 Å². The molecule has 1 saturated carbocycles. The number of pyridine rings is 1. The molecule has 0 bridgehead atoms. The van der Waals surface area contributed by atoms with Crippen molar-refractivity contribution in [2.24, 2.45) is 5.92 Å². The summed E-state index contributed by atoms with van der Waals surface area (Å²) in [5.41, 5.74) is 2.23.